The molecule has 3 aromatic rings. The van der Waals surface area contributed by atoms with Gasteiger partial charge in [0.1, 0.15) is 22.8 Å². The topological polar surface area (TPSA) is 62.8 Å². The van der Waals surface area contributed by atoms with Gasteiger partial charge in [0.2, 0.25) is 0 Å². The molecule has 108 valence electrons. The molecule has 0 fully saturated rings. The minimum Gasteiger partial charge on any atom is -0.508 e. The third-order valence-corrected chi connectivity index (χ3v) is 3.29. The van der Waals surface area contributed by atoms with Crippen LogP contribution in [0.25, 0.3) is 22.3 Å². The van der Waals surface area contributed by atoms with E-state index in [2.05, 4.69) is 0 Å². The highest BCUT2D eigenvalue weighted by atomic mass is 16.5. The van der Waals surface area contributed by atoms with Gasteiger partial charge in [0.25, 0.3) is 0 Å². The maximum atomic E-state index is 9.80. The SMILES string of the molecule is CCOCc1cc(O)cc2cc(-c3ccc(O)cc3)oc12. The van der Waals surface area contributed by atoms with Crippen molar-refractivity contribution in [1.82, 2.24) is 0 Å². The third kappa shape index (κ3) is 2.71. The fourth-order valence-electron chi connectivity index (χ4n) is 2.30. The fraction of sp³-hybridized carbons (Fsp3) is 0.176. The van der Waals surface area contributed by atoms with Crippen molar-refractivity contribution in [3.63, 3.8) is 0 Å². The fourth-order valence-corrected chi connectivity index (χ4v) is 2.30. The van der Waals surface area contributed by atoms with Crippen molar-refractivity contribution in [2.45, 2.75) is 13.5 Å². The Balaban J connectivity index is 2.08. The predicted octanol–water partition coefficient (Wildman–Crippen LogP) is 4.05. The Labute approximate surface area is 122 Å². The average molecular weight is 284 g/mol. The Hall–Kier alpha value is -2.46. The van der Waals surface area contributed by atoms with Crippen LogP contribution < -0.4 is 0 Å². The lowest BCUT2D eigenvalue weighted by molar-refractivity contribution is 0.134. The lowest BCUT2D eigenvalue weighted by Gasteiger charge is -2.03. The first-order chi connectivity index (χ1) is 10.2. The quantitative estimate of drug-likeness (QED) is 0.758. The highest BCUT2D eigenvalue weighted by Crippen LogP contribution is 2.33. The normalized spacial score (nSPS) is 11.1. The van der Waals surface area contributed by atoms with Crippen molar-refractivity contribution < 1.29 is 19.4 Å². The van der Waals surface area contributed by atoms with Crippen LogP contribution in [0.5, 0.6) is 11.5 Å². The van der Waals surface area contributed by atoms with Crippen LogP contribution >= 0.6 is 0 Å². The molecule has 21 heavy (non-hydrogen) atoms. The van der Waals surface area contributed by atoms with E-state index in [1.807, 2.05) is 13.0 Å². The second-order valence-electron chi connectivity index (χ2n) is 4.82. The molecule has 0 saturated heterocycles. The molecule has 0 unspecified atom stereocenters. The molecule has 0 saturated carbocycles. The van der Waals surface area contributed by atoms with Gasteiger partial charge >= 0.3 is 0 Å². The lowest BCUT2D eigenvalue weighted by Crippen LogP contribution is -1.92. The summed E-state index contributed by atoms with van der Waals surface area (Å²) in [6.07, 6.45) is 0. The Morgan fingerprint density at radius 2 is 1.76 bits per heavy atom. The Morgan fingerprint density at radius 1 is 1.00 bits per heavy atom. The van der Waals surface area contributed by atoms with Crippen molar-refractivity contribution in [3.8, 4) is 22.8 Å². The second kappa shape index (κ2) is 5.50. The first-order valence-electron chi connectivity index (χ1n) is 6.80. The van der Waals surface area contributed by atoms with E-state index >= 15 is 0 Å². The van der Waals surface area contributed by atoms with E-state index in [-0.39, 0.29) is 11.5 Å². The summed E-state index contributed by atoms with van der Waals surface area (Å²) in [4.78, 5) is 0. The van der Waals surface area contributed by atoms with Crippen molar-refractivity contribution in [3.05, 3.63) is 48.0 Å². The maximum absolute atomic E-state index is 9.80. The van der Waals surface area contributed by atoms with E-state index in [0.29, 0.717) is 24.6 Å². The van der Waals surface area contributed by atoms with E-state index in [1.165, 1.54) is 0 Å². The summed E-state index contributed by atoms with van der Waals surface area (Å²) in [5.74, 6) is 1.09. The molecule has 0 aliphatic carbocycles. The van der Waals surface area contributed by atoms with Gasteiger partial charge in [0.15, 0.2) is 0 Å². The minimum atomic E-state index is 0.190. The van der Waals surface area contributed by atoms with Crippen molar-refractivity contribution in [2.75, 3.05) is 6.61 Å². The molecule has 0 bridgehead atoms. The zero-order valence-electron chi connectivity index (χ0n) is 11.7. The van der Waals surface area contributed by atoms with Crippen LogP contribution in [-0.2, 0) is 11.3 Å². The number of phenols is 2. The molecule has 1 heterocycles. The summed E-state index contributed by atoms with van der Waals surface area (Å²) in [6.45, 7) is 2.91. The number of aromatic hydroxyl groups is 2. The first-order valence-corrected chi connectivity index (χ1v) is 6.80. The summed E-state index contributed by atoms with van der Waals surface area (Å²) in [6, 6.07) is 12.0. The first kappa shape index (κ1) is 13.5. The van der Waals surface area contributed by atoms with Crippen molar-refractivity contribution in [2.24, 2.45) is 0 Å². The molecule has 4 nitrogen and oxygen atoms in total. The van der Waals surface area contributed by atoms with Gasteiger partial charge in [0.05, 0.1) is 6.61 Å². The van der Waals surface area contributed by atoms with E-state index < -0.39 is 0 Å². The van der Waals surface area contributed by atoms with Crippen LogP contribution in [0.15, 0.2) is 46.9 Å². The van der Waals surface area contributed by atoms with Crippen LogP contribution in [0.4, 0.5) is 0 Å². The van der Waals surface area contributed by atoms with Crippen molar-refractivity contribution >= 4 is 11.0 Å². The number of phenolic OH excluding ortho intramolecular Hbond substituents is 2. The van der Waals surface area contributed by atoms with E-state index in [0.717, 1.165) is 16.5 Å². The van der Waals surface area contributed by atoms with E-state index in [1.54, 1.807) is 36.4 Å². The summed E-state index contributed by atoms with van der Waals surface area (Å²) in [7, 11) is 0. The van der Waals surface area contributed by atoms with Gasteiger partial charge in [-0.25, -0.2) is 0 Å². The van der Waals surface area contributed by atoms with Gasteiger partial charge in [-0.1, -0.05) is 0 Å². The Morgan fingerprint density at radius 3 is 2.48 bits per heavy atom. The molecule has 0 spiro atoms. The molecule has 2 N–H and O–H groups in total. The molecular weight excluding hydrogens is 268 g/mol. The van der Waals surface area contributed by atoms with Crippen LogP contribution in [0.1, 0.15) is 12.5 Å². The highest BCUT2D eigenvalue weighted by Gasteiger charge is 2.12. The molecule has 0 aliphatic heterocycles. The Kier molecular flexibility index (Phi) is 3.54. The lowest BCUT2D eigenvalue weighted by atomic mass is 10.1. The predicted molar refractivity (Wildman–Crippen MR) is 80.3 cm³/mol. The number of furan rings is 1. The molecule has 0 amide bonds. The minimum absolute atomic E-state index is 0.190. The smallest absolute Gasteiger partial charge is 0.140 e. The van der Waals surface area contributed by atoms with Gasteiger partial charge in [-0.05, 0) is 49.4 Å². The summed E-state index contributed by atoms with van der Waals surface area (Å²) < 4.78 is 11.3. The second-order valence-corrected chi connectivity index (χ2v) is 4.82. The van der Waals surface area contributed by atoms with Gasteiger partial charge in [0, 0.05) is 23.1 Å². The molecular formula is C17H16O4. The van der Waals surface area contributed by atoms with E-state index in [4.69, 9.17) is 9.15 Å². The number of fused-ring (bicyclic) bond motifs is 1. The van der Waals surface area contributed by atoms with Gasteiger partial charge in [-0.15, -0.1) is 0 Å². The number of rotatable bonds is 4. The van der Waals surface area contributed by atoms with Crippen LogP contribution in [0.3, 0.4) is 0 Å². The number of ether oxygens (including phenoxy) is 1. The van der Waals surface area contributed by atoms with E-state index in [9.17, 15) is 10.2 Å². The number of hydrogen-bond donors (Lipinski definition) is 2. The third-order valence-electron chi connectivity index (χ3n) is 3.29. The van der Waals surface area contributed by atoms with Gasteiger partial charge in [-0.3, -0.25) is 0 Å². The molecule has 0 atom stereocenters. The highest BCUT2D eigenvalue weighted by molar-refractivity contribution is 5.86. The average Bonchev–Trinajstić information content (AvgIpc) is 2.89. The molecule has 0 radical (unpaired) electrons. The largest absolute Gasteiger partial charge is 0.508 e. The monoisotopic (exact) mass is 284 g/mol. The summed E-state index contributed by atoms with van der Waals surface area (Å²) in [5, 5.41) is 20.0. The summed E-state index contributed by atoms with van der Waals surface area (Å²) >= 11 is 0. The molecule has 2 aromatic carbocycles. The zero-order valence-corrected chi connectivity index (χ0v) is 11.7. The zero-order chi connectivity index (χ0) is 14.8. The summed E-state index contributed by atoms with van der Waals surface area (Å²) in [5.41, 5.74) is 2.40. The van der Waals surface area contributed by atoms with Gasteiger partial charge < -0.3 is 19.4 Å². The van der Waals surface area contributed by atoms with Crippen LogP contribution in [-0.4, -0.2) is 16.8 Å². The number of hydrogen-bond acceptors (Lipinski definition) is 4. The standard InChI is InChI=1S/C17H16O4/c1-2-20-10-13-8-15(19)7-12-9-16(21-17(12)13)11-3-5-14(18)6-4-11/h3-9,18-19H,2,10H2,1H3. The Bertz CT molecular complexity index is 756. The maximum Gasteiger partial charge on any atom is 0.140 e. The van der Waals surface area contributed by atoms with Gasteiger partial charge in [-0.2, -0.15) is 0 Å². The van der Waals surface area contributed by atoms with Crippen LogP contribution in [0, 0.1) is 0 Å². The molecule has 0 aliphatic rings. The van der Waals surface area contributed by atoms with Crippen LogP contribution in [0.2, 0.25) is 0 Å². The molecule has 4 heteroatoms. The molecule has 1 aromatic heterocycles. The van der Waals surface area contributed by atoms with Crippen molar-refractivity contribution in [1.29, 1.82) is 0 Å². The number of benzene rings is 2. The molecule has 3 rings (SSSR count).